The van der Waals surface area contributed by atoms with Crippen molar-refractivity contribution in [1.82, 2.24) is 15.3 Å². The first kappa shape index (κ1) is 15.8. The smallest absolute Gasteiger partial charge is 0.227 e. The number of fused-ring (bicyclic) bond motifs is 1. The summed E-state index contributed by atoms with van der Waals surface area (Å²) in [5.74, 6) is 0.994. The summed E-state index contributed by atoms with van der Waals surface area (Å²) in [7, 11) is 0. The van der Waals surface area contributed by atoms with Crippen LogP contribution >= 0.6 is 0 Å². The molecule has 1 amide bonds. The van der Waals surface area contributed by atoms with Crippen molar-refractivity contribution < 1.29 is 4.79 Å². The Morgan fingerprint density at radius 1 is 1.20 bits per heavy atom. The van der Waals surface area contributed by atoms with Gasteiger partial charge in [0.2, 0.25) is 5.91 Å². The van der Waals surface area contributed by atoms with E-state index in [9.17, 15) is 4.79 Å². The summed E-state index contributed by atoms with van der Waals surface area (Å²) >= 11 is 0. The zero-order valence-corrected chi connectivity index (χ0v) is 14.3. The Bertz CT molecular complexity index is 868. The van der Waals surface area contributed by atoms with Crippen LogP contribution in [0.4, 0.5) is 5.69 Å². The summed E-state index contributed by atoms with van der Waals surface area (Å²) in [4.78, 5) is 20.5. The maximum atomic E-state index is 12.5. The zero-order chi connectivity index (χ0) is 17.2. The molecule has 1 aliphatic heterocycles. The fraction of sp³-hybridized carbons (Fsp3) is 0.300. The van der Waals surface area contributed by atoms with Crippen LogP contribution in [0.15, 0.2) is 48.5 Å². The number of hydrogen-bond donors (Lipinski definition) is 3. The number of piperidine rings is 1. The van der Waals surface area contributed by atoms with E-state index in [-0.39, 0.29) is 11.8 Å². The molecule has 0 aliphatic carbocycles. The number of aromatic amines is 1. The number of carbonyl (C=O) groups is 1. The van der Waals surface area contributed by atoms with Gasteiger partial charge < -0.3 is 15.6 Å². The number of para-hydroxylation sites is 2. The normalized spacial score (nSPS) is 20.5. The zero-order valence-electron chi connectivity index (χ0n) is 14.3. The van der Waals surface area contributed by atoms with E-state index in [1.54, 1.807) is 0 Å². The fourth-order valence-corrected chi connectivity index (χ4v) is 3.45. The van der Waals surface area contributed by atoms with Crippen molar-refractivity contribution in [1.29, 1.82) is 0 Å². The largest absolute Gasteiger partial charge is 0.338 e. The van der Waals surface area contributed by atoms with Crippen LogP contribution in [0.2, 0.25) is 0 Å². The molecule has 0 saturated carbocycles. The second kappa shape index (κ2) is 6.69. The maximum absolute atomic E-state index is 12.5. The summed E-state index contributed by atoms with van der Waals surface area (Å²) in [6.45, 7) is 3.03. The SMILES string of the molecule is C[C@H]1C[C@@H](C(=O)Nc2cccc(-c3nc4ccccc4[nH]3)c2)CCN1. The number of H-pyrrole nitrogens is 1. The molecule has 0 unspecified atom stereocenters. The highest BCUT2D eigenvalue weighted by Gasteiger charge is 2.24. The molecule has 5 heteroatoms. The van der Waals surface area contributed by atoms with E-state index in [4.69, 9.17) is 0 Å². The summed E-state index contributed by atoms with van der Waals surface area (Å²) in [6, 6.07) is 16.2. The van der Waals surface area contributed by atoms with Crippen molar-refractivity contribution in [2.24, 2.45) is 5.92 Å². The van der Waals surface area contributed by atoms with Crippen molar-refractivity contribution in [3.05, 3.63) is 48.5 Å². The predicted molar refractivity (Wildman–Crippen MR) is 100 cm³/mol. The molecule has 3 N–H and O–H groups in total. The monoisotopic (exact) mass is 334 g/mol. The predicted octanol–water partition coefficient (Wildman–Crippen LogP) is 3.56. The van der Waals surface area contributed by atoms with Crippen LogP contribution in [0.5, 0.6) is 0 Å². The van der Waals surface area contributed by atoms with Gasteiger partial charge in [0, 0.05) is 23.2 Å². The standard InChI is InChI=1S/C20H22N4O/c1-13-11-15(9-10-21-13)20(25)22-16-6-4-5-14(12-16)19-23-17-7-2-3-8-18(17)24-19/h2-8,12-13,15,21H,9-11H2,1H3,(H,22,25)(H,23,24)/t13-,15-/m0/s1. The molecule has 3 aromatic rings. The maximum Gasteiger partial charge on any atom is 0.227 e. The number of benzene rings is 2. The minimum absolute atomic E-state index is 0.0751. The number of hydrogen-bond acceptors (Lipinski definition) is 3. The molecular formula is C20H22N4O. The number of amides is 1. The lowest BCUT2D eigenvalue weighted by Crippen LogP contribution is -2.40. The van der Waals surface area contributed by atoms with Gasteiger partial charge in [-0.2, -0.15) is 0 Å². The first-order valence-electron chi connectivity index (χ1n) is 8.78. The summed E-state index contributed by atoms with van der Waals surface area (Å²) in [6.07, 6.45) is 1.77. The van der Waals surface area contributed by atoms with Crippen LogP contribution in [0.25, 0.3) is 22.4 Å². The third-order valence-electron chi connectivity index (χ3n) is 4.79. The lowest BCUT2D eigenvalue weighted by Gasteiger charge is -2.27. The van der Waals surface area contributed by atoms with E-state index in [1.807, 2.05) is 48.5 Å². The topological polar surface area (TPSA) is 69.8 Å². The van der Waals surface area contributed by atoms with Crippen molar-refractivity contribution in [2.45, 2.75) is 25.8 Å². The van der Waals surface area contributed by atoms with E-state index >= 15 is 0 Å². The number of aromatic nitrogens is 2. The number of nitrogens with one attached hydrogen (secondary N) is 3. The molecule has 1 saturated heterocycles. The molecule has 2 atom stereocenters. The molecular weight excluding hydrogens is 312 g/mol. The van der Waals surface area contributed by atoms with E-state index in [0.717, 1.165) is 47.5 Å². The molecule has 4 rings (SSSR count). The third-order valence-corrected chi connectivity index (χ3v) is 4.79. The third kappa shape index (κ3) is 3.42. The fourth-order valence-electron chi connectivity index (χ4n) is 3.45. The molecule has 1 fully saturated rings. The molecule has 2 heterocycles. The van der Waals surface area contributed by atoms with Crippen LogP contribution in [0.1, 0.15) is 19.8 Å². The lowest BCUT2D eigenvalue weighted by atomic mass is 9.92. The van der Waals surface area contributed by atoms with Crippen molar-refractivity contribution >= 4 is 22.6 Å². The van der Waals surface area contributed by atoms with Gasteiger partial charge in [0.05, 0.1) is 11.0 Å². The van der Waals surface area contributed by atoms with Gasteiger partial charge in [0.15, 0.2) is 0 Å². The van der Waals surface area contributed by atoms with Gasteiger partial charge >= 0.3 is 0 Å². The van der Waals surface area contributed by atoms with Crippen LogP contribution in [0.3, 0.4) is 0 Å². The summed E-state index contributed by atoms with van der Waals surface area (Å²) in [5.41, 5.74) is 3.73. The van der Waals surface area contributed by atoms with E-state index in [2.05, 4.69) is 27.5 Å². The average Bonchev–Trinajstić information content (AvgIpc) is 3.06. The van der Waals surface area contributed by atoms with E-state index < -0.39 is 0 Å². The molecule has 2 aromatic carbocycles. The van der Waals surface area contributed by atoms with Crippen LogP contribution in [-0.4, -0.2) is 28.5 Å². The average molecular weight is 334 g/mol. The first-order chi connectivity index (χ1) is 12.2. The number of carbonyl (C=O) groups excluding carboxylic acids is 1. The van der Waals surface area contributed by atoms with Crippen molar-refractivity contribution in [3.63, 3.8) is 0 Å². The van der Waals surface area contributed by atoms with Gasteiger partial charge in [-0.05, 0) is 50.6 Å². The molecule has 25 heavy (non-hydrogen) atoms. The number of rotatable bonds is 3. The minimum atomic E-state index is 0.0751. The van der Waals surface area contributed by atoms with Crippen molar-refractivity contribution in [2.75, 3.05) is 11.9 Å². The van der Waals surface area contributed by atoms with Crippen LogP contribution in [-0.2, 0) is 4.79 Å². The highest BCUT2D eigenvalue weighted by Crippen LogP contribution is 2.24. The van der Waals surface area contributed by atoms with Crippen LogP contribution < -0.4 is 10.6 Å². The number of nitrogens with zero attached hydrogens (tertiary/aromatic N) is 1. The van der Waals surface area contributed by atoms with Gasteiger partial charge in [0.25, 0.3) is 0 Å². The highest BCUT2D eigenvalue weighted by atomic mass is 16.1. The Kier molecular flexibility index (Phi) is 4.24. The Balaban J connectivity index is 1.54. The van der Waals surface area contributed by atoms with Gasteiger partial charge in [-0.3, -0.25) is 4.79 Å². The van der Waals surface area contributed by atoms with Gasteiger partial charge in [0.1, 0.15) is 5.82 Å². The summed E-state index contributed by atoms with van der Waals surface area (Å²) < 4.78 is 0. The van der Waals surface area contributed by atoms with E-state index in [0.29, 0.717) is 6.04 Å². The Labute approximate surface area is 146 Å². The van der Waals surface area contributed by atoms with Crippen LogP contribution in [0, 0.1) is 5.92 Å². The molecule has 0 bridgehead atoms. The second-order valence-corrected chi connectivity index (χ2v) is 6.75. The Morgan fingerprint density at radius 3 is 2.92 bits per heavy atom. The van der Waals surface area contributed by atoms with Gasteiger partial charge in [-0.25, -0.2) is 4.98 Å². The molecule has 1 aliphatic rings. The van der Waals surface area contributed by atoms with Crippen molar-refractivity contribution in [3.8, 4) is 11.4 Å². The van der Waals surface area contributed by atoms with Gasteiger partial charge in [-0.15, -0.1) is 0 Å². The molecule has 128 valence electrons. The lowest BCUT2D eigenvalue weighted by molar-refractivity contribution is -0.120. The Hall–Kier alpha value is -2.66. The first-order valence-corrected chi connectivity index (χ1v) is 8.78. The minimum Gasteiger partial charge on any atom is -0.338 e. The quantitative estimate of drug-likeness (QED) is 0.686. The second-order valence-electron chi connectivity index (χ2n) is 6.75. The Morgan fingerprint density at radius 2 is 2.08 bits per heavy atom. The van der Waals surface area contributed by atoms with Gasteiger partial charge in [-0.1, -0.05) is 24.3 Å². The summed E-state index contributed by atoms with van der Waals surface area (Å²) in [5, 5.41) is 6.45. The highest BCUT2D eigenvalue weighted by molar-refractivity contribution is 5.93. The van der Waals surface area contributed by atoms with E-state index in [1.165, 1.54) is 0 Å². The molecule has 1 aromatic heterocycles. The molecule has 5 nitrogen and oxygen atoms in total. The molecule has 0 spiro atoms. The number of imidazole rings is 1. The number of anilines is 1. The molecule has 0 radical (unpaired) electrons.